The smallest absolute Gasteiger partial charge is 0.259 e. The van der Waals surface area contributed by atoms with Crippen LogP contribution in [0.1, 0.15) is 15.2 Å². The molecule has 132 valence electrons. The lowest BCUT2D eigenvalue weighted by Gasteiger charge is -2.27. The van der Waals surface area contributed by atoms with Crippen molar-refractivity contribution >= 4 is 45.4 Å². The molecule has 7 nitrogen and oxygen atoms in total. The van der Waals surface area contributed by atoms with Gasteiger partial charge in [0.1, 0.15) is 11.1 Å². The third kappa shape index (κ3) is 3.49. The van der Waals surface area contributed by atoms with E-state index in [1.54, 1.807) is 12.1 Å². The van der Waals surface area contributed by atoms with Crippen LogP contribution in [-0.2, 0) is 4.74 Å². The van der Waals surface area contributed by atoms with Crippen LogP contribution in [0.25, 0.3) is 21.6 Å². The largest absolute Gasteiger partial charge is 0.378 e. The van der Waals surface area contributed by atoms with Gasteiger partial charge in [-0.05, 0) is 22.8 Å². The highest BCUT2D eigenvalue weighted by atomic mass is 35.5. The lowest BCUT2D eigenvalue weighted by Crippen LogP contribution is -2.36. The molecule has 0 unspecified atom stereocenters. The van der Waals surface area contributed by atoms with Gasteiger partial charge in [0, 0.05) is 39.2 Å². The monoisotopic (exact) mass is 407 g/mol. The number of carbonyl (C=O) groups excluding carboxylic acids is 1. The average Bonchev–Trinajstić information content (AvgIpc) is 3.02. The van der Waals surface area contributed by atoms with Crippen LogP contribution in [0.2, 0.25) is 10.0 Å². The van der Waals surface area contributed by atoms with Gasteiger partial charge in [-0.1, -0.05) is 29.3 Å². The van der Waals surface area contributed by atoms with Crippen LogP contribution < -0.4 is 4.90 Å². The van der Waals surface area contributed by atoms with E-state index in [9.17, 15) is 10.1 Å². The van der Waals surface area contributed by atoms with Crippen molar-refractivity contribution in [2.45, 2.75) is 0 Å². The zero-order valence-electron chi connectivity index (χ0n) is 13.3. The SMILES string of the molecule is N#Cc1c(N2CCOCC2)sc(C(=O)N=[N+]=[N-])c1-c1ccc(Cl)cc1Cl. The molecule has 2 heterocycles. The number of rotatable bonds is 3. The van der Waals surface area contributed by atoms with Crippen LogP contribution in [0, 0.1) is 11.3 Å². The summed E-state index contributed by atoms with van der Waals surface area (Å²) in [4.78, 5) is 17.1. The molecule has 0 aliphatic carbocycles. The van der Waals surface area contributed by atoms with Crippen molar-refractivity contribution in [1.82, 2.24) is 0 Å². The second kappa shape index (κ2) is 7.96. The summed E-state index contributed by atoms with van der Waals surface area (Å²) in [5.74, 6) is -0.755. The predicted molar refractivity (Wildman–Crippen MR) is 101 cm³/mol. The number of benzene rings is 1. The molecule has 3 rings (SSSR count). The van der Waals surface area contributed by atoms with E-state index in [-0.39, 0.29) is 4.88 Å². The topological polar surface area (TPSA) is 102 Å². The van der Waals surface area contributed by atoms with E-state index in [1.165, 1.54) is 6.07 Å². The number of carbonyl (C=O) groups is 1. The van der Waals surface area contributed by atoms with Gasteiger partial charge in [0.25, 0.3) is 5.91 Å². The summed E-state index contributed by atoms with van der Waals surface area (Å²) >= 11 is 13.4. The van der Waals surface area contributed by atoms with E-state index in [1.807, 2.05) is 4.90 Å². The van der Waals surface area contributed by atoms with Gasteiger partial charge in [0.2, 0.25) is 0 Å². The Labute approximate surface area is 162 Å². The van der Waals surface area contributed by atoms with Gasteiger partial charge in [-0.25, -0.2) is 0 Å². The van der Waals surface area contributed by atoms with Crippen molar-refractivity contribution in [1.29, 1.82) is 5.26 Å². The van der Waals surface area contributed by atoms with Gasteiger partial charge in [-0.15, -0.1) is 11.3 Å². The lowest BCUT2D eigenvalue weighted by molar-refractivity contribution is 0.100. The minimum absolute atomic E-state index is 0.171. The van der Waals surface area contributed by atoms with Gasteiger partial charge in [-0.2, -0.15) is 5.26 Å². The average molecular weight is 408 g/mol. The van der Waals surface area contributed by atoms with Gasteiger partial charge in [0.05, 0.1) is 23.7 Å². The molecule has 1 aliphatic rings. The fraction of sp³-hybridized carbons (Fsp3) is 0.250. The molecule has 1 fully saturated rings. The fourth-order valence-corrected chi connectivity index (χ4v) is 4.40. The number of thiophene rings is 1. The first-order chi connectivity index (χ1) is 12.6. The van der Waals surface area contributed by atoms with Gasteiger partial charge < -0.3 is 9.64 Å². The number of amides is 1. The Morgan fingerprint density at radius 3 is 2.73 bits per heavy atom. The number of hydrogen-bond donors (Lipinski definition) is 0. The molecule has 0 atom stereocenters. The number of nitriles is 1. The number of ether oxygens (including phenoxy) is 1. The normalized spacial score (nSPS) is 13.8. The molecule has 2 aromatic rings. The Kier molecular flexibility index (Phi) is 5.67. The summed E-state index contributed by atoms with van der Waals surface area (Å²) in [5.41, 5.74) is 9.80. The zero-order valence-corrected chi connectivity index (χ0v) is 15.6. The quantitative estimate of drug-likeness (QED) is 0.410. The zero-order chi connectivity index (χ0) is 18.7. The minimum Gasteiger partial charge on any atom is -0.378 e. The highest BCUT2D eigenvalue weighted by molar-refractivity contribution is 7.19. The highest BCUT2D eigenvalue weighted by Crippen LogP contribution is 2.45. The number of morpholine rings is 1. The van der Waals surface area contributed by atoms with E-state index in [0.717, 1.165) is 11.3 Å². The standard InChI is InChI=1S/C16H11Cl2N5O2S/c17-9-1-2-10(12(18)7-9)13-11(8-19)16(23-3-5-25-6-4-23)26-14(13)15(24)21-22-20/h1-2,7H,3-6H2. The number of nitrogens with zero attached hydrogens (tertiary/aromatic N) is 5. The molecular weight excluding hydrogens is 397 g/mol. The summed E-state index contributed by atoms with van der Waals surface area (Å²) in [6, 6.07) is 6.97. The summed E-state index contributed by atoms with van der Waals surface area (Å²) in [6.45, 7) is 2.25. The van der Waals surface area contributed by atoms with Crippen LogP contribution in [0.5, 0.6) is 0 Å². The first kappa shape index (κ1) is 18.5. The second-order valence-electron chi connectivity index (χ2n) is 5.32. The molecule has 1 aliphatic heterocycles. The third-order valence-corrected chi connectivity index (χ3v) is 5.62. The van der Waals surface area contributed by atoms with E-state index < -0.39 is 5.91 Å². The maximum absolute atomic E-state index is 12.3. The van der Waals surface area contributed by atoms with Crippen LogP contribution in [0.15, 0.2) is 23.3 Å². The van der Waals surface area contributed by atoms with E-state index in [0.29, 0.717) is 58.0 Å². The number of halogens is 2. The highest BCUT2D eigenvalue weighted by Gasteiger charge is 2.28. The first-order valence-electron chi connectivity index (χ1n) is 7.51. The molecule has 1 aromatic heterocycles. The van der Waals surface area contributed by atoms with Gasteiger partial charge in [-0.3, -0.25) is 4.79 Å². The summed E-state index contributed by atoms with van der Waals surface area (Å²) in [7, 11) is 0. The van der Waals surface area contributed by atoms with Crippen molar-refractivity contribution in [2.75, 3.05) is 31.2 Å². The number of azide groups is 1. The maximum Gasteiger partial charge on any atom is 0.259 e. The first-order valence-corrected chi connectivity index (χ1v) is 9.08. The summed E-state index contributed by atoms with van der Waals surface area (Å²) in [5, 5.41) is 14.3. The van der Waals surface area contributed by atoms with Crippen molar-refractivity contribution in [3.8, 4) is 17.2 Å². The Balaban J connectivity index is 2.25. The Morgan fingerprint density at radius 1 is 1.38 bits per heavy atom. The maximum atomic E-state index is 12.3. The van der Waals surface area contributed by atoms with Gasteiger partial charge in [0.15, 0.2) is 0 Å². The minimum atomic E-state index is -0.755. The summed E-state index contributed by atoms with van der Waals surface area (Å²) < 4.78 is 5.35. The third-order valence-electron chi connectivity index (χ3n) is 3.83. The molecule has 0 spiro atoms. The van der Waals surface area contributed by atoms with E-state index in [2.05, 4.69) is 16.1 Å². The van der Waals surface area contributed by atoms with E-state index in [4.69, 9.17) is 33.5 Å². The molecule has 1 aromatic carbocycles. The Morgan fingerprint density at radius 2 is 2.12 bits per heavy atom. The molecule has 0 bridgehead atoms. The second-order valence-corrected chi connectivity index (χ2v) is 7.16. The van der Waals surface area contributed by atoms with Crippen molar-refractivity contribution in [3.05, 3.63) is 49.1 Å². The number of anilines is 1. The lowest BCUT2D eigenvalue weighted by atomic mass is 10.0. The van der Waals surface area contributed by atoms with Crippen molar-refractivity contribution in [2.24, 2.45) is 5.11 Å². The van der Waals surface area contributed by atoms with Gasteiger partial charge >= 0.3 is 0 Å². The molecule has 10 heteroatoms. The van der Waals surface area contributed by atoms with Crippen LogP contribution >= 0.6 is 34.5 Å². The fourth-order valence-electron chi connectivity index (χ4n) is 2.70. The van der Waals surface area contributed by atoms with Crippen molar-refractivity contribution in [3.63, 3.8) is 0 Å². The number of hydrogen-bond acceptors (Lipinski definition) is 5. The molecule has 0 radical (unpaired) electrons. The Hall–Kier alpha value is -2.27. The molecule has 26 heavy (non-hydrogen) atoms. The molecular formula is C16H11Cl2N5O2S. The van der Waals surface area contributed by atoms with Crippen LogP contribution in [0.3, 0.4) is 0 Å². The predicted octanol–water partition coefficient (Wildman–Crippen LogP) is 4.88. The Bertz CT molecular complexity index is 956. The molecule has 0 N–H and O–H groups in total. The molecule has 0 saturated carbocycles. The van der Waals surface area contributed by atoms with E-state index >= 15 is 0 Å². The summed E-state index contributed by atoms with van der Waals surface area (Å²) in [6.07, 6.45) is 0. The van der Waals surface area contributed by atoms with Crippen LogP contribution in [-0.4, -0.2) is 32.2 Å². The van der Waals surface area contributed by atoms with Crippen molar-refractivity contribution < 1.29 is 9.53 Å². The molecule has 1 amide bonds. The molecule has 1 saturated heterocycles. The van der Waals surface area contributed by atoms with Crippen LogP contribution in [0.4, 0.5) is 5.00 Å².